The molecule has 1 saturated carbocycles. The normalized spacial score (nSPS) is 18.3. The smallest absolute Gasteiger partial charge is 0.246 e. The monoisotopic (exact) mass is 1120 g/mol. The summed E-state index contributed by atoms with van der Waals surface area (Å²) in [6, 6.07) is 15.0. The van der Waals surface area contributed by atoms with Crippen molar-refractivity contribution in [3.8, 4) is 10.4 Å². The summed E-state index contributed by atoms with van der Waals surface area (Å²) >= 11 is 1.58. The number of aryl methyl sites for hydroxylation is 2. The third kappa shape index (κ3) is 18.8. The van der Waals surface area contributed by atoms with Crippen LogP contribution in [0.2, 0.25) is 0 Å². The zero-order chi connectivity index (χ0) is 57.2. The first-order valence-electron chi connectivity index (χ1n) is 28.9. The minimum absolute atomic E-state index is 0.00981. The van der Waals surface area contributed by atoms with E-state index in [-0.39, 0.29) is 37.7 Å². The average Bonchev–Trinajstić information content (AvgIpc) is 4.21. The summed E-state index contributed by atoms with van der Waals surface area (Å²) in [5, 5.41) is 29.7. The number of anilines is 1. The summed E-state index contributed by atoms with van der Waals surface area (Å²) < 4.78 is 19.1. The van der Waals surface area contributed by atoms with E-state index in [1.54, 1.807) is 16.0 Å². The van der Waals surface area contributed by atoms with Crippen molar-refractivity contribution < 1.29 is 33.7 Å². The van der Waals surface area contributed by atoms with E-state index in [2.05, 4.69) is 88.0 Å². The predicted octanol–water partition coefficient (Wildman–Crippen LogP) is 7.31. The largest absolute Gasteiger partial charge is 0.391 e. The molecule has 0 bridgehead atoms. The highest BCUT2D eigenvalue weighted by Gasteiger charge is 2.44. The molecule has 3 atom stereocenters. The molecule has 3 aromatic heterocycles. The number of likely N-dealkylation sites (N-methyl/N-ethyl adjacent to an activating group) is 1. The second-order valence-corrected chi connectivity index (χ2v) is 24.8. The predicted molar refractivity (Wildman–Crippen MR) is 314 cm³/mol. The van der Waals surface area contributed by atoms with E-state index in [1.807, 2.05) is 75.8 Å². The van der Waals surface area contributed by atoms with Crippen LogP contribution in [0.1, 0.15) is 116 Å². The number of aromatic nitrogens is 6. The van der Waals surface area contributed by atoms with Gasteiger partial charge in [0.25, 0.3) is 0 Å². The summed E-state index contributed by atoms with van der Waals surface area (Å²) in [5.74, 6) is 1.55. The van der Waals surface area contributed by atoms with Crippen LogP contribution in [0, 0.1) is 23.7 Å². The van der Waals surface area contributed by atoms with Crippen molar-refractivity contribution in [2.75, 3.05) is 85.2 Å². The van der Waals surface area contributed by atoms with Crippen molar-refractivity contribution >= 4 is 45.8 Å². The van der Waals surface area contributed by atoms with Crippen LogP contribution in [-0.2, 0) is 54.6 Å². The highest BCUT2D eigenvalue weighted by molar-refractivity contribution is 7.13. The number of thiazole rings is 1. The highest BCUT2D eigenvalue weighted by Crippen LogP contribution is 2.39. The number of carbonyl (C=O) groups excluding carboxylic acids is 3. The van der Waals surface area contributed by atoms with E-state index < -0.39 is 29.5 Å². The Kier molecular flexibility index (Phi) is 23.3. The third-order valence-corrected chi connectivity index (χ3v) is 16.5. The highest BCUT2D eigenvalue weighted by atomic mass is 32.1. The van der Waals surface area contributed by atoms with E-state index in [0.717, 1.165) is 88.5 Å². The fourth-order valence-corrected chi connectivity index (χ4v) is 11.5. The Hall–Kier alpha value is -5.48. The van der Waals surface area contributed by atoms with E-state index in [4.69, 9.17) is 24.2 Å². The van der Waals surface area contributed by atoms with Crippen LogP contribution in [0.3, 0.4) is 0 Å². The maximum absolute atomic E-state index is 14.1. The molecule has 3 amide bonds. The number of nitrogens with zero attached hydrogens (tertiary/aromatic N) is 9. The molecule has 2 aliphatic rings. The molecule has 0 spiro atoms. The van der Waals surface area contributed by atoms with Crippen molar-refractivity contribution in [1.82, 2.24) is 55.3 Å². The zero-order valence-corrected chi connectivity index (χ0v) is 49.9. The number of likely N-dealkylation sites (tertiary alicyclic amines) is 1. The van der Waals surface area contributed by atoms with Crippen molar-refractivity contribution in [3.05, 3.63) is 83.0 Å². The summed E-state index contributed by atoms with van der Waals surface area (Å²) in [5.41, 5.74) is 6.21. The molecule has 0 radical (unpaired) electrons. The fraction of sp³-hybridized carbons (Fsp3) is 0.633. The standard InChI is InChI=1S/C60H90N12O7S/c1-42-54(80-41-63-42)44-20-18-43(19-21-44)37-62-57(75)51-36-48(73)39-72(51)58(76)55(60(5,6)7)66-53(74)17-12-14-46-38-71(68-67-46)29-31-78-33-35-79-34-32-77-30-28-69(8)27-13-26-61-56-49-15-10-11-16-50(49)64-52(65-56)40-70(9)47-24-22-45(23-25-47)59(2,3)4/h10-11,15-16,18-21,38,41,45,47-48,51,55,73H,12-14,17,22-37,39-40H2,1-9H3,(H,62,75)(H,66,74)(H,61,64,65)/t45?,47?,48-,51+,55?/m1/s1. The van der Waals surface area contributed by atoms with Crippen LogP contribution in [0.4, 0.5) is 5.82 Å². The second kappa shape index (κ2) is 30.0. The molecule has 2 fully saturated rings. The lowest BCUT2D eigenvalue weighted by Gasteiger charge is -2.39. The van der Waals surface area contributed by atoms with Gasteiger partial charge in [0.05, 0.1) is 86.1 Å². The average molecular weight is 1120 g/mol. The van der Waals surface area contributed by atoms with Gasteiger partial charge in [0.2, 0.25) is 17.7 Å². The number of aliphatic hydroxyl groups is 1. The Morgan fingerprint density at radius 2 is 1.59 bits per heavy atom. The Morgan fingerprint density at radius 1 is 0.875 bits per heavy atom. The molecule has 7 rings (SSSR count). The topological polar surface area (TPSA) is 214 Å². The molecule has 19 nitrogen and oxygen atoms in total. The van der Waals surface area contributed by atoms with Crippen molar-refractivity contribution in [3.63, 3.8) is 0 Å². The number of benzene rings is 2. The van der Waals surface area contributed by atoms with Gasteiger partial charge in [-0.1, -0.05) is 83.2 Å². The zero-order valence-electron chi connectivity index (χ0n) is 49.0. The Balaban J connectivity index is 0.704. The number of fused-ring (bicyclic) bond motifs is 1. The number of ether oxygens (including phenoxy) is 3. The van der Waals surface area contributed by atoms with Crippen molar-refractivity contribution in [2.24, 2.45) is 16.7 Å². The molecule has 1 saturated heterocycles. The van der Waals surface area contributed by atoms with Crippen LogP contribution in [0.15, 0.2) is 60.2 Å². The lowest BCUT2D eigenvalue weighted by molar-refractivity contribution is -0.144. The van der Waals surface area contributed by atoms with Crippen LogP contribution < -0.4 is 16.0 Å². The first-order chi connectivity index (χ1) is 38.3. The summed E-state index contributed by atoms with van der Waals surface area (Å²) in [6.07, 6.45) is 8.33. The number of amides is 3. The lowest BCUT2D eigenvalue weighted by Crippen LogP contribution is -2.57. The van der Waals surface area contributed by atoms with Gasteiger partial charge in [-0.05, 0) is 113 Å². The molecule has 5 aromatic rings. The first kappa shape index (κ1) is 62.1. The van der Waals surface area contributed by atoms with Gasteiger partial charge in [-0.2, -0.15) is 0 Å². The first-order valence-corrected chi connectivity index (χ1v) is 29.8. The molecule has 438 valence electrons. The van der Waals surface area contributed by atoms with Crippen LogP contribution >= 0.6 is 11.3 Å². The number of hydrogen-bond donors (Lipinski definition) is 4. The molecule has 1 unspecified atom stereocenters. The van der Waals surface area contributed by atoms with Crippen molar-refractivity contribution in [1.29, 1.82) is 0 Å². The van der Waals surface area contributed by atoms with Gasteiger partial charge in [0.15, 0.2) is 0 Å². The SMILES string of the molecule is Cc1ncsc1-c1ccc(CNC(=O)[C@@H]2C[C@@H](O)CN2C(=O)C(NC(=O)CCCc2cn(CCOCCOCCOCCN(C)CCCNc3nc(CN(C)C4CCC(C(C)(C)C)CC4)nc4ccccc34)nn2)C(C)(C)C)cc1. The van der Waals surface area contributed by atoms with Gasteiger partial charge in [-0.3, -0.25) is 19.3 Å². The minimum atomic E-state index is -0.902. The number of carbonyl (C=O) groups is 3. The van der Waals surface area contributed by atoms with E-state index >= 15 is 0 Å². The quantitative estimate of drug-likeness (QED) is 0.0332. The van der Waals surface area contributed by atoms with Gasteiger partial charge in [0.1, 0.15) is 23.7 Å². The number of nitrogens with one attached hydrogen (secondary N) is 3. The van der Waals surface area contributed by atoms with Crippen molar-refractivity contribution in [2.45, 2.75) is 150 Å². The lowest BCUT2D eigenvalue weighted by atomic mass is 9.71. The van der Waals surface area contributed by atoms with E-state index in [9.17, 15) is 19.5 Å². The van der Waals surface area contributed by atoms with Gasteiger partial charge >= 0.3 is 0 Å². The molecule has 2 aromatic carbocycles. The van der Waals surface area contributed by atoms with Crippen LogP contribution in [-0.4, -0.2) is 172 Å². The maximum atomic E-state index is 14.1. The number of aliphatic hydroxyl groups excluding tert-OH is 1. The van der Waals surface area contributed by atoms with Gasteiger partial charge in [-0.25, -0.2) is 19.6 Å². The third-order valence-electron chi connectivity index (χ3n) is 15.6. The van der Waals surface area contributed by atoms with Gasteiger partial charge in [-0.15, -0.1) is 16.4 Å². The molecule has 4 heterocycles. The maximum Gasteiger partial charge on any atom is 0.246 e. The summed E-state index contributed by atoms with van der Waals surface area (Å²) in [6.45, 7) is 21.8. The summed E-state index contributed by atoms with van der Waals surface area (Å²) in [7, 11) is 4.35. The number of hydrogen-bond acceptors (Lipinski definition) is 16. The number of β-amino-alcohol motifs (C(OH)–C–C–N with tert-alkyl or cyclic N) is 1. The molecular formula is C60H90N12O7S. The molecule has 4 N–H and O–H groups in total. The Bertz CT molecular complexity index is 2720. The minimum Gasteiger partial charge on any atom is -0.391 e. The second-order valence-electron chi connectivity index (χ2n) is 24.0. The van der Waals surface area contributed by atoms with E-state index in [1.165, 1.54) is 30.6 Å². The van der Waals surface area contributed by atoms with Gasteiger partial charge < -0.3 is 45.1 Å². The van der Waals surface area contributed by atoms with Crippen LogP contribution in [0.25, 0.3) is 21.3 Å². The van der Waals surface area contributed by atoms with E-state index in [0.29, 0.717) is 70.5 Å². The van der Waals surface area contributed by atoms with Crippen LogP contribution in [0.5, 0.6) is 0 Å². The summed E-state index contributed by atoms with van der Waals surface area (Å²) in [4.78, 5) is 62.4. The molecule has 1 aliphatic carbocycles. The van der Waals surface area contributed by atoms with Gasteiger partial charge in [0, 0.05) is 56.6 Å². The Labute approximate surface area is 478 Å². The molecule has 20 heteroatoms. The Morgan fingerprint density at radius 3 is 2.29 bits per heavy atom. The number of rotatable bonds is 30. The fourth-order valence-electron chi connectivity index (χ4n) is 10.7. The molecule has 80 heavy (non-hydrogen) atoms. The molecule has 1 aliphatic heterocycles. The molecular weight excluding hydrogens is 1030 g/mol. The number of para-hydroxylation sites is 1.